The zero-order chi connectivity index (χ0) is 28.4. The van der Waals surface area contributed by atoms with Crippen molar-refractivity contribution in [3.05, 3.63) is 29.8 Å². The monoisotopic (exact) mass is 564 g/mol. The van der Waals surface area contributed by atoms with Gasteiger partial charge in [-0.05, 0) is 78.9 Å². The fourth-order valence-electron chi connectivity index (χ4n) is 5.49. The summed E-state index contributed by atoms with van der Waals surface area (Å²) in [6.07, 6.45) is 2.50. The molecule has 0 aromatic heterocycles. The fraction of sp³-hybridized carbons (Fsp3) is 0.667. The molecule has 2 saturated heterocycles. The Morgan fingerprint density at radius 1 is 1.23 bits per heavy atom. The molecule has 3 fully saturated rings. The van der Waals surface area contributed by atoms with Gasteiger partial charge in [0.25, 0.3) is 10.0 Å². The molecule has 3 aliphatic rings. The molecule has 1 saturated carbocycles. The van der Waals surface area contributed by atoms with Gasteiger partial charge < -0.3 is 19.5 Å². The van der Waals surface area contributed by atoms with Gasteiger partial charge in [0.15, 0.2) is 0 Å². The van der Waals surface area contributed by atoms with Crippen LogP contribution < -0.4 is 10.1 Å². The molecule has 0 radical (unpaired) electrons. The van der Waals surface area contributed by atoms with Gasteiger partial charge >= 0.3 is 6.09 Å². The lowest BCUT2D eigenvalue weighted by Crippen LogP contribution is -2.65. The third-order valence-corrected chi connectivity index (χ3v) is 8.57. The van der Waals surface area contributed by atoms with Crippen molar-refractivity contribution in [2.24, 2.45) is 5.10 Å². The van der Waals surface area contributed by atoms with E-state index in [9.17, 15) is 18.0 Å². The van der Waals surface area contributed by atoms with E-state index in [1.165, 1.54) is 0 Å². The predicted molar refractivity (Wildman–Crippen MR) is 145 cm³/mol. The standard InChI is InChI=1S/C27H40N4O7S/c1-18-6-12-22(13-7-18)39(34,35)30-29-20-8-10-21(11-9-20)37-15-23-27(17-36-16-24(32)28-27)14-19(2)31(23)25(33)38-26(3,4)5/h6-7,12-13,19,21,23,30H,8-11,14-17H2,1-5H3,(H,28,32)/t19-,21?,23?,27?/m1/s1. The number of nitrogens with one attached hydrogen (secondary N) is 2. The summed E-state index contributed by atoms with van der Waals surface area (Å²) in [5.74, 6) is -0.212. The summed E-state index contributed by atoms with van der Waals surface area (Å²) < 4.78 is 42.7. The summed E-state index contributed by atoms with van der Waals surface area (Å²) in [6.45, 7) is 9.79. The quantitative estimate of drug-likeness (QED) is 0.507. The van der Waals surface area contributed by atoms with Gasteiger partial charge in [0.05, 0.1) is 35.8 Å². The van der Waals surface area contributed by atoms with E-state index in [0.29, 0.717) is 38.7 Å². The first-order valence-corrected chi connectivity index (χ1v) is 14.9. The zero-order valence-electron chi connectivity index (χ0n) is 23.4. The second kappa shape index (κ2) is 11.4. The second-order valence-corrected chi connectivity index (χ2v) is 13.4. The van der Waals surface area contributed by atoms with E-state index in [1.54, 1.807) is 29.2 Å². The van der Waals surface area contributed by atoms with E-state index in [-0.39, 0.29) is 36.2 Å². The largest absolute Gasteiger partial charge is 0.444 e. The number of benzene rings is 1. The third-order valence-electron chi connectivity index (χ3n) is 7.35. The molecular formula is C27H40N4O7S. The van der Waals surface area contributed by atoms with Crippen LogP contribution in [0, 0.1) is 6.92 Å². The number of hydrogen-bond donors (Lipinski definition) is 2. The Bertz CT molecular complexity index is 1190. The number of carbonyl (C=O) groups is 2. The van der Waals surface area contributed by atoms with Gasteiger partial charge in [-0.15, -0.1) is 0 Å². The number of aryl methyl sites for hydroxylation is 1. The van der Waals surface area contributed by atoms with Crippen LogP contribution in [-0.4, -0.2) is 80.2 Å². The number of carbonyl (C=O) groups excluding carboxylic acids is 2. The molecule has 2 heterocycles. The molecule has 4 rings (SSSR count). The van der Waals surface area contributed by atoms with Crippen LogP contribution in [0.2, 0.25) is 0 Å². The lowest BCUT2D eigenvalue weighted by atomic mass is 9.89. The molecule has 2 N–H and O–H groups in total. The fourth-order valence-corrected chi connectivity index (χ4v) is 6.34. The van der Waals surface area contributed by atoms with Crippen molar-refractivity contribution >= 4 is 27.7 Å². The van der Waals surface area contributed by atoms with E-state index in [1.807, 2.05) is 34.6 Å². The maximum Gasteiger partial charge on any atom is 0.410 e. The Hall–Kier alpha value is -2.70. The van der Waals surface area contributed by atoms with E-state index >= 15 is 0 Å². The normalized spacial score (nSPS) is 27.8. The van der Waals surface area contributed by atoms with E-state index in [2.05, 4.69) is 15.2 Å². The number of morpholine rings is 1. The molecule has 12 heteroatoms. The van der Waals surface area contributed by atoms with Crippen molar-refractivity contribution in [1.29, 1.82) is 0 Å². The summed E-state index contributed by atoms with van der Waals surface area (Å²) in [4.78, 5) is 29.7. The van der Waals surface area contributed by atoms with Crippen LogP contribution in [-0.2, 0) is 29.0 Å². The van der Waals surface area contributed by atoms with Crippen molar-refractivity contribution in [1.82, 2.24) is 15.0 Å². The van der Waals surface area contributed by atoms with Crippen LogP contribution >= 0.6 is 0 Å². The average molecular weight is 565 g/mol. The number of ether oxygens (including phenoxy) is 3. The maximum atomic E-state index is 13.2. The number of sulfonamides is 1. The molecule has 1 spiro atoms. The molecule has 1 aliphatic carbocycles. The number of nitrogens with zero attached hydrogens (tertiary/aromatic N) is 2. The third kappa shape index (κ3) is 7.09. The highest BCUT2D eigenvalue weighted by Gasteiger charge is 2.56. The van der Waals surface area contributed by atoms with Crippen molar-refractivity contribution in [3.8, 4) is 0 Å². The smallest absolute Gasteiger partial charge is 0.410 e. The zero-order valence-corrected chi connectivity index (χ0v) is 24.2. The molecule has 2 unspecified atom stereocenters. The van der Waals surface area contributed by atoms with Crippen LogP contribution in [0.25, 0.3) is 0 Å². The minimum Gasteiger partial charge on any atom is -0.444 e. The lowest BCUT2D eigenvalue weighted by Gasteiger charge is -2.41. The average Bonchev–Trinajstić information content (AvgIpc) is 3.11. The van der Waals surface area contributed by atoms with E-state index in [4.69, 9.17) is 14.2 Å². The van der Waals surface area contributed by atoms with Gasteiger partial charge in [-0.3, -0.25) is 9.69 Å². The first-order chi connectivity index (χ1) is 18.3. The van der Waals surface area contributed by atoms with Crippen molar-refractivity contribution in [3.63, 3.8) is 0 Å². The number of likely N-dealkylation sites (tertiary alicyclic amines) is 1. The molecule has 11 nitrogen and oxygen atoms in total. The number of rotatable bonds is 6. The highest BCUT2D eigenvalue weighted by Crippen LogP contribution is 2.37. The highest BCUT2D eigenvalue weighted by molar-refractivity contribution is 7.89. The van der Waals surface area contributed by atoms with Gasteiger partial charge in [-0.25, -0.2) is 9.63 Å². The summed E-state index contributed by atoms with van der Waals surface area (Å²) in [7, 11) is -3.73. The van der Waals surface area contributed by atoms with Crippen LogP contribution in [0.1, 0.15) is 65.4 Å². The number of amides is 2. The summed E-state index contributed by atoms with van der Waals surface area (Å²) in [6, 6.07) is 5.96. The van der Waals surface area contributed by atoms with Gasteiger partial charge in [0, 0.05) is 11.8 Å². The lowest BCUT2D eigenvalue weighted by molar-refractivity contribution is -0.137. The Morgan fingerprint density at radius 3 is 2.51 bits per heavy atom. The molecule has 216 valence electrons. The molecule has 0 bridgehead atoms. The molecule has 2 aliphatic heterocycles. The van der Waals surface area contributed by atoms with Gasteiger partial charge in [-0.1, -0.05) is 17.7 Å². The van der Waals surface area contributed by atoms with Crippen LogP contribution in [0.15, 0.2) is 34.3 Å². The predicted octanol–water partition coefficient (Wildman–Crippen LogP) is 2.87. The second-order valence-electron chi connectivity index (χ2n) is 11.8. The Morgan fingerprint density at radius 2 is 1.90 bits per heavy atom. The Kier molecular flexibility index (Phi) is 8.58. The minimum absolute atomic E-state index is 0.00541. The van der Waals surface area contributed by atoms with Crippen molar-refractivity contribution < 1.29 is 32.2 Å². The highest BCUT2D eigenvalue weighted by atomic mass is 32.2. The number of hydrogen-bond acceptors (Lipinski definition) is 8. The van der Waals surface area contributed by atoms with Gasteiger partial charge in [0.2, 0.25) is 5.91 Å². The molecule has 1 aromatic rings. The van der Waals surface area contributed by atoms with Gasteiger partial charge in [0.1, 0.15) is 12.2 Å². The molecule has 1 aromatic carbocycles. The van der Waals surface area contributed by atoms with E-state index < -0.39 is 33.3 Å². The first-order valence-electron chi connectivity index (χ1n) is 13.4. The SMILES string of the molecule is Cc1ccc(S(=O)(=O)NN=C2CCC(OCC3N(C(=O)OC(C)(C)C)[C@H](C)CC34COCC(=O)N4)CC2)cc1. The van der Waals surface area contributed by atoms with Crippen LogP contribution in [0.4, 0.5) is 4.79 Å². The topological polar surface area (TPSA) is 136 Å². The van der Waals surface area contributed by atoms with Gasteiger partial charge in [-0.2, -0.15) is 13.5 Å². The summed E-state index contributed by atoms with van der Waals surface area (Å²) >= 11 is 0. The number of hydrazone groups is 1. The van der Waals surface area contributed by atoms with Crippen LogP contribution in [0.3, 0.4) is 0 Å². The Balaban J connectivity index is 1.38. The summed E-state index contributed by atoms with van der Waals surface area (Å²) in [5.41, 5.74) is 0.329. The molecule has 2 amide bonds. The minimum atomic E-state index is -3.73. The van der Waals surface area contributed by atoms with Crippen LogP contribution in [0.5, 0.6) is 0 Å². The molecular weight excluding hydrogens is 524 g/mol. The maximum absolute atomic E-state index is 13.2. The summed E-state index contributed by atoms with van der Waals surface area (Å²) in [5, 5.41) is 7.26. The van der Waals surface area contributed by atoms with E-state index in [0.717, 1.165) is 11.3 Å². The Labute approximate surface area is 230 Å². The van der Waals surface area contributed by atoms with Crippen molar-refractivity contribution in [2.45, 2.75) is 101 Å². The molecule has 39 heavy (non-hydrogen) atoms. The molecule has 3 atom stereocenters. The first kappa shape index (κ1) is 29.3. The van der Waals surface area contributed by atoms with Crippen molar-refractivity contribution in [2.75, 3.05) is 19.8 Å².